The lowest BCUT2D eigenvalue weighted by Crippen LogP contribution is -2.44. The van der Waals surface area contributed by atoms with E-state index in [1.165, 1.54) is 0 Å². The van der Waals surface area contributed by atoms with Gasteiger partial charge in [-0.2, -0.15) is 0 Å². The van der Waals surface area contributed by atoms with Crippen LogP contribution >= 0.6 is 43.5 Å². The van der Waals surface area contributed by atoms with Gasteiger partial charge < -0.3 is 9.47 Å². The predicted octanol–water partition coefficient (Wildman–Crippen LogP) is 5.13. The molecule has 0 spiro atoms. The zero-order valence-corrected chi connectivity index (χ0v) is 19.9. The van der Waals surface area contributed by atoms with Crippen LogP contribution in [0.5, 0.6) is 11.5 Å². The lowest BCUT2D eigenvalue weighted by atomic mass is 10.1. The van der Waals surface area contributed by atoms with Crippen LogP contribution in [0.1, 0.15) is 30.6 Å². The molecule has 0 unspecified atom stereocenters. The van der Waals surface area contributed by atoms with Crippen molar-refractivity contribution in [2.45, 2.75) is 20.3 Å². The summed E-state index contributed by atoms with van der Waals surface area (Å²) in [5.74, 6) is 0.263. The number of nitrogens with one attached hydrogen (secondary N) is 2. The smallest absolute Gasteiger partial charge is 0.276 e. The standard InChI is InChI=1S/C20H21Br2ClN2O4/c1-12(2)7-8-28-17-5-3-13(21)9-15(17)20(27)25-24-19(26)11-29-18-6-4-14(22)10-16(18)23/h3-6,9-10,12H,7-8,11H2,1-2H3,(H,24,26)(H,25,27). The van der Waals surface area contributed by atoms with Crippen molar-refractivity contribution in [2.75, 3.05) is 13.2 Å². The maximum atomic E-state index is 12.5. The second-order valence-electron chi connectivity index (χ2n) is 6.54. The summed E-state index contributed by atoms with van der Waals surface area (Å²) in [5.41, 5.74) is 4.99. The van der Waals surface area contributed by atoms with Gasteiger partial charge in [0.1, 0.15) is 11.5 Å². The number of carbonyl (C=O) groups excluding carboxylic acids is 2. The Balaban J connectivity index is 1.90. The number of carbonyl (C=O) groups is 2. The molecule has 0 aliphatic rings. The van der Waals surface area contributed by atoms with Gasteiger partial charge in [0.25, 0.3) is 11.8 Å². The van der Waals surface area contributed by atoms with Crippen molar-refractivity contribution in [2.24, 2.45) is 5.92 Å². The fourth-order valence-electron chi connectivity index (χ4n) is 2.18. The molecule has 29 heavy (non-hydrogen) atoms. The molecule has 0 aliphatic carbocycles. The van der Waals surface area contributed by atoms with Crippen LogP contribution < -0.4 is 20.3 Å². The van der Waals surface area contributed by atoms with Crippen molar-refractivity contribution in [3.63, 3.8) is 0 Å². The minimum absolute atomic E-state index is 0.306. The molecule has 0 heterocycles. The summed E-state index contributed by atoms with van der Waals surface area (Å²) in [4.78, 5) is 24.5. The van der Waals surface area contributed by atoms with Crippen LogP contribution in [0.4, 0.5) is 0 Å². The maximum Gasteiger partial charge on any atom is 0.276 e. The first kappa shape index (κ1) is 23.5. The van der Waals surface area contributed by atoms with E-state index in [-0.39, 0.29) is 6.61 Å². The third-order valence-corrected chi connectivity index (χ3v) is 4.99. The van der Waals surface area contributed by atoms with Crippen molar-refractivity contribution in [1.29, 1.82) is 0 Å². The first-order valence-corrected chi connectivity index (χ1v) is 10.8. The van der Waals surface area contributed by atoms with E-state index < -0.39 is 11.8 Å². The molecule has 0 atom stereocenters. The molecule has 0 aliphatic heterocycles. The number of hydrogen-bond donors (Lipinski definition) is 2. The van der Waals surface area contributed by atoms with Crippen LogP contribution in [-0.2, 0) is 4.79 Å². The Morgan fingerprint density at radius 3 is 2.31 bits per heavy atom. The molecular formula is C20H21Br2ClN2O4. The Labute approximate surface area is 191 Å². The van der Waals surface area contributed by atoms with Gasteiger partial charge in [-0.3, -0.25) is 20.4 Å². The summed E-state index contributed by atoms with van der Waals surface area (Å²) in [5, 5.41) is 0.369. The van der Waals surface area contributed by atoms with E-state index in [4.69, 9.17) is 21.1 Å². The number of rotatable bonds is 8. The number of amides is 2. The molecule has 9 heteroatoms. The van der Waals surface area contributed by atoms with E-state index >= 15 is 0 Å². The summed E-state index contributed by atoms with van der Waals surface area (Å²) in [6, 6.07) is 10.2. The van der Waals surface area contributed by atoms with Crippen molar-refractivity contribution < 1.29 is 19.1 Å². The number of hydrogen-bond acceptors (Lipinski definition) is 4. The fourth-order valence-corrected chi connectivity index (χ4v) is 3.26. The molecule has 0 radical (unpaired) electrons. The van der Waals surface area contributed by atoms with Crippen molar-refractivity contribution >= 4 is 55.3 Å². The van der Waals surface area contributed by atoms with Gasteiger partial charge in [-0.05, 0) is 48.7 Å². The second kappa shape index (κ2) is 11.4. The van der Waals surface area contributed by atoms with E-state index in [9.17, 15) is 9.59 Å². The highest BCUT2D eigenvalue weighted by Gasteiger charge is 2.15. The minimum Gasteiger partial charge on any atom is -0.493 e. The van der Waals surface area contributed by atoms with Crippen LogP contribution in [0.15, 0.2) is 45.3 Å². The highest BCUT2D eigenvalue weighted by Crippen LogP contribution is 2.27. The summed E-state index contributed by atoms with van der Waals surface area (Å²) < 4.78 is 12.6. The van der Waals surface area contributed by atoms with Crippen molar-refractivity contribution in [1.82, 2.24) is 10.9 Å². The minimum atomic E-state index is -0.533. The molecule has 2 aromatic carbocycles. The van der Waals surface area contributed by atoms with E-state index in [0.29, 0.717) is 34.6 Å². The average Bonchev–Trinajstić information content (AvgIpc) is 2.66. The van der Waals surface area contributed by atoms with Gasteiger partial charge in [-0.25, -0.2) is 0 Å². The number of halogens is 3. The number of hydrazine groups is 1. The third kappa shape index (κ3) is 7.87. The Morgan fingerprint density at radius 1 is 1.00 bits per heavy atom. The number of benzene rings is 2. The molecule has 2 rings (SSSR count). The fraction of sp³-hybridized carbons (Fsp3) is 0.300. The van der Waals surface area contributed by atoms with E-state index in [1.54, 1.807) is 36.4 Å². The lowest BCUT2D eigenvalue weighted by molar-refractivity contribution is -0.123. The second-order valence-corrected chi connectivity index (χ2v) is 8.78. The first-order chi connectivity index (χ1) is 13.8. The van der Waals surface area contributed by atoms with Gasteiger partial charge in [-0.15, -0.1) is 0 Å². The van der Waals surface area contributed by atoms with Crippen LogP contribution in [0, 0.1) is 5.92 Å². The van der Waals surface area contributed by atoms with Gasteiger partial charge in [-0.1, -0.05) is 57.3 Å². The zero-order chi connectivity index (χ0) is 21.4. The number of ether oxygens (including phenoxy) is 2. The molecule has 2 N–H and O–H groups in total. The molecular weight excluding hydrogens is 527 g/mol. The van der Waals surface area contributed by atoms with Crippen molar-refractivity contribution in [3.8, 4) is 11.5 Å². The summed E-state index contributed by atoms with van der Waals surface area (Å²) in [7, 11) is 0. The van der Waals surface area contributed by atoms with Crippen LogP contribution in [0.3, 0.4) is 0 Å². The maximum absolute atomic E-state index is 12.5. The highest BCUT2D eigenvalue weighted by molar-refractivity contribution is 9.10. The van der Waals surface area contributed by atoms with Gasteiger partial charge in [0.15, 0.2) is 6.61 Å². The predicted molar refractivity (Wildman–Crippen MR) is 119 cm³/mol. The highest BCUT2D eigenvalue weighted by atomic mass is 79.9. The lowest BCUT2D eigenvalue weighted by Gasteiger charge is -2.14. The molecule has 0 aromatic heterocycles. The van der Waals surface area contributed by atoms with Crippen molar-refractivity contribution in [3.05, 3.63) is 55.9 Å². The van der Waals surface area contributed by atoms with Gasteiger partial charge in [0.2, 0.25) is 0 Å². The molecule has 0 fully saturated rings. The quantitative estimate of drug-likeness (QED) is 0.449. The molecule has 0 bridgehead atoms. The SMILES string of the molecule is CC(C)CCOc1ccc(Br)cc1C(=O)NNC(=O)COc1ccc(Br)cc1Cl. The largest absolute Gasteiger partial charge is 0.493 e. The Hall–Kier alpha value is -1.77. The molecule has 156 valence electrons. The van der Waals surface area contributed by atoms with E-state index in [2.05, 4.69) is 56.6 Å². The monoisotopic (exact) mass is 546 g/mol. The van der Waals surface area contributed by atoms with Gasteiger partial charge >= 0.3 is 0 Å². The van der Waals surface area contributed by atoms with Crippen LogP contribution in [-0.4, -0.2) is 25.0 Å². The molecule has 2 amide bonds. The van der Waals surface area contributed by atoms with Gasteiger partial charge in [0, 0.05) is 8.95 Å². The normalized spacial score (nSPS) is 10.6. The summed E-state index contributed by atoms with van der Waals surface area (Å²) >= 11 is 12.7. The Morgan fingerprint density at radius 2 is 1.66 bits per heavy atom. The Bertz CT molecular complexity index is 878. The molecule has 0 saturated carbocycles. The van der Waals surface area contributed by atoms with E-state index in [0.717, 1.165) is 15.4 Å². The van der Waals surface area contributed by atoms with Gasteiger partial charge in [0.05, 0.1) is 17.2 Å². The molecule has 2 aromatic rings. The topological polar surface area (TPSA) is 76.7 Å². The van der Waals surface area contributed by atoms with Crippen LogP contribution in [0.25, 0.3) is 0 Å². The first-order valence-electron chi connectivity index (χ1n) is 8.85. The summed E-state index contributed by atoms with van der Waals surface area (Å²) in [6.45, 7) is 4.38. The molecule has 6 nitrogen and oxygen atoms in total. The summed E-state index contributed by atoms with van der Waals surface area (Å²) in [6.07, 6.45) is 0.865. The van der Waals surface area contributed by atoms with Crippen LogP contribution in [0.2, 0.25) is 5.02 Å². The average molecular weight is 549 g/mol. The Kier molecular flexibility index (Phi) is 9.26. The third-order valence-electron chi connectivity index (χ3n) is 3.71. The zero-order valence-electron chi connectivity index (χ0n) is 15.9. The van der Waals surface area contributed by atoms with E-state index in [1.807, 2.05) is 0 Å². The molecule has 0 saturated heterocycles.